The Morgan fingerprint density at radius 1 is 1.32 bits per heavy atom. The number of hydrogen-bond donors (Lipinski definition) is 1. The highest BCUT2D eigenvalue weighted by molar-refractivity contribution is 5.77. The van der Waals surface area contributed by atoms with E-state index in [1.807, 2.05) is 4.90 Å². The minimum absolute atomic E-state index is 0.0174. The van der Waals surface area contributed by atoms with Crippen molar-refractivity contribution in [3.63, 3.8) is 0 Å². The van der Waals surface area contributed by atoms with Crippen LogP contribution in [0.1, 0.15) is 5.56 Å². The lowest BCUT2D eigenvalue weighted by Gasteiger charge is -2.28. The van der Waals surface area contributed by atoms with Gasteiger partial charge in [0.2, 0.25) is 0 Å². The number of carbonyl (C=O) groups excluding carboxylic acids is 1. The number of rotatable bonds is 2. The first-order valence-corrected chi connectivity index (χ1v) is 6.35. The minimum Gasteiger partial charge on any atom is -0.318 e. The Kier molecular flexibility index (Phi) is 3.10. The summed E-state index contributed by atoms with van der Waals surface area (Å²) in [7, 11) is 0. The number of fused-ring (bicyclic) bond motifs is 1. The number of amides is 2. The van der Waals surface area contributed by atoms with Gasteiger partial charge in [-0.25, -0.2) is 13.6 Å². The number of nitrogens with one attached hydrogen (secondary N) is 1. The molecule has 3 rings (SSSR count). The van der Waals surface area contributed by atoms with Gasteiger partial charge in [0.25, 0.3) is 0 Å². The van der Waals surface area contributed by atoms with Gasteiger partial charge in [0.1, 0.15) is 0 Å². The van der Waals surface area contributed by atoms with Crippen LogP contribution >= 0.6 is 0 Å². The average molecular weight is 267 g/mol. The first-order chi connectivity index (χ1) is 9.15. The average Bonchev–Trinajstić information content (AvgIpc) is 2.72. The van der Waals surface area contributed by atoms with Crippen LogP contribution in [0.4, 0.5) is 13.6 Å². The molecule has 0 radical (unpaired) electrons. The van der Waals surface area contributed by atoms with E-state index in [9.17, 15) is 13.6 Å². The van der Waals surface area contributed by atoms with Gasteiger partial charge in [0.15, 0.2) is 11.6 Å². The summed E-state index contributed by atoms with van der Waals surface area (Å²) in [5.41, 5.74) is 0.611. The normalized spacial score (nSPS) is 22.8. The molecule has 0 saturated carbocycles. The molecule has 1 N–H and O–H groups in total. The van der Waals surface area contributed by atoms with Gasteiger partial charge in [-0.3, -0.25) is 0 Å². The van der Waals surface area contributed by atoms with E-state index in [1.165, 1.54) is 6.07 Å². The molecule has 2 amide bonds. The van der Waals surface area contributed by atoms with Crippen LogP contribution in [-0.2, 0) is 6.54 Å². The van der Waals surface area contributed by atoms with Crippen LogP contribution in [0.5, 0.6) is 0 Å². The van der Waals surface area contributed by atoms with Crippen molar-refractivity contribution in [2.24, 2.45) is 0 Å². The van der Waals surface area contributed by atoms with Gasteiger partial charge >= 0.3 is 6.03 Å². The third-order valence-electron chi connectivity index (χ3n) is 3.66. The van der Waals surface area contributed by atoms with Crippen LogP contribution in [0.2, 0.25) is 0 Å². The Balaban J connectivity index is 1.73. The number of carbonyl (C=O) groups is 1. The van der Waals surface area contributed by atoms with E-state index >= 15 is 0 Å². The molecule has 1 aromatic rings. The van der Waals surface area contributed by atoms with E-state index in [4.69, 9.17) is 0 Å². The second kappa shape index (κ2) is 4.77. The Morgan fingerprint density at radius 2 is 2.16 bits per heavy atom. The standard InChI is InChI=1S/C13H15F2N3O/c14-11-2-1-9(5-12(11)15)7-17-8-10-6-16-3-4-18(10)13(17)19/h1-2,5,10,16H,3-4,6-8H2. The molecule has 102 valence electrons. The fourth-order valence-corrected chi connectivity index (χ4v) is 2.68. The van der Waals surface area contributed by atoms with Gasteiger partial charge in [-0.15, -0.1) is 0 Å². The highest BCUT2D eigenvalue weighted by Crippen LogP contribution is 2.20. The second-order valence-corrected chi connectivity index (χ2v) is 4.96. The highest BCUT2D eigenvalue weighted by atomic mass is 19.2. The van der Waals surface area contributed by atoms with Crippen molar-refractivity contribution in [2.45, 2.75) is 12.6 Å². The van der Waals surface area contributed by atoms with Gasteiger partial charge in [-0.05, 0) is 17.7 Å². The van der Waals surface area contributed by atoms with Gasteiger partial charge in [-0.1, -0.05) is 6.07 Å². The quantitative estimate of drug-likeness (QED) is 0.873. The van der Waals surface area contributed by atoms with E-state index in [0.29, 0.717) is 25.2 Å². The lowest BCUT2D eigenvalue weighted by Crippen LogP contribution is -2.49. The fraction of sp³-hybridized carbons (Fsp3) is 0.462. The van der Waals surface area contributed by atoms with Crippen molar-refractivity contribution in [3.05, 3.63) is 35.4 Å². The highest BCUT2D eigenvalue weighted by Gasteiger charge is 2.38. The predicted octanol–water partition coefficient (Wildman–Crippen LogP) is 1.17. The summed E-state index contributed by atoms with van der Waals surface area (Å²) in [6.07, 6.45) is 0. The summed E-state index contributed by atoms with van der Waals surface area (Å²) in [5, 5.41) is 3.25. The molecule has 0 bridgehead atoms. The SMILES string of the molecule is O=C1N(Cc2ccc(F)c(F)c2)CC2CNCCN12. The summed E-state index contributed by atoms with van der Waals surface area (Å²) in [6, 6.07) is 3.93. The van der Waals surface area contributed by atoms with E-state index in [-0.39, 0.29) is 12.1 Å². The van der Waals surface area contributed by atoms with Crippen LogP contribution in [0.25, 0.3) is 0 Å². The number of halogens is 2. The summed E-state index contributed by atoms with van der Waals surface area (Å²) >= 11 is 0. The summed E-state index contributed by atoms with van der Waals surface area (Å²) in [5.74, 6) is -1.73. The third kappa shape index (κ3) is 2.28. The minimum atomic E-state index is -0.872. The Morgan fingerprint density at radius 3 is 2.89 bits per heavy atom. The summed E-state index contributed by atoms with van der Waals surface area (Å²) < 4.78 is 26.0. The number of hydrogen-bond acceptors (Lipinski definition) is 2. The Bertz CT molecular complexity index is 509. The monoisotopic (exact) mass is 267 g/mol. The van der Waals surface area contributed by atoms with Gasteiger partial charge in [0, 0.05) is 32.7 Å². The zero-order chi connectivity index (χ0) is 13.4. The van der Waals surface area contributed by atoms with Crippen molar-refractivity contribution in [3.8, 4) is 0 Å². The molecule has 1 atom stereocenters. The van der Waals surface area contributed by atoms with E-state index in [2.05, 4.69) is 5.32 Å². The number of benzene rings is 1. The molecular formula is C13H15F2N3O. The van der Waals surface area contributed by atoms with E-state index < -0.39 is 11.6 Å². The van der Waals surface area contributed by atoms with E-state index in [1.54, 1.807) is 4.90 Å². The lowest BCUT2D eigenvalue weighted by atomic mass is 10.2. The predicted molar refractivity (Wildman–Crippen MR) is 65.5 cm³/mol. The maximum absolute atomic E-state index is 13.1. The molecule has 2 saturated heterocycles. The zero-order valence-corrected chi connectivity index (χ0v) is 10.4. The van der Waals surface area contributed by atoms with Crippen LogP contribution in [-0.4, -0.2) is 48.1 Å². The molecule has 0 spiro atoms. The van der Waals surface area contributed by atoms with Crippen molar-refractivity contribution in [1.29, 1.82) is 0 Å². The summed E-state index contributed by atoms with van der Waals surface area (Å²) in [4.78, 5) is 15.7. The molecular weight excluding hydrogens is 252 g/mol. The number of piperazine rings is 1. The van der Waals surface area contributed by atoms with Crippen LogP contribution in [0, 0.1) is 11.6 Å². The first kappa shape index (κ1) is 12.3. The van der Waals surface area contributed by atoms with Crippen LogP contribution in [0.15, 0.2) is 18.2 Å². The molecule has 1 unspecified atom stereocenters. The first-order valence-electron chi connectivity index (χ1n) is 6.35. The molecule has 2 heterocycles. The molecule has 1 aromatic carbocycles. The second-order valence-electron chi connectivity index (χ2n) is 4.96. The van der Waals surface area contributed by atoms with Crippen molar-refractivity contribution in [2.75, 3.05) is 26.2 Å². The smallest absolute Gasteiger partial charge is 0.318 e. The topological polar surface area (TPSA) is 35.6 Å². The Labute approximate surface area is 110 Å². The van der Waals surface area contributed by atoms with Gasteiger partial charge < -0.3 is 15.1 Å². The van der Waals surface area contributed by atoms with E-state index in [0.717, 1.165) is 25.2 Å². The largest absolute Gasteiger partial charge is 0.320 e. The zero-order valence-electron chi connectivity index (χ0n) is 10.4. The molecule has 6 heteroatoms. The molecule has 0 aromatic heterocycles. The number of nitrogens with zero attached hydrogens (tertiary/aromatic N) is 2. The molecule has 0 aliphatic carbocycles. The van der Waals surface area contributed by atoms with Crippen molar-refractivity contribution >= 4 is 6.03 Å². The van der Waals surface area contributed by atoms with Crippen molar-refractivity contribution < 1.29 is 13.6 Å². The third-order valence-corrected chi connectivity index (χ3v) is 3.66. The fourth-order valence-electron chi connectivity index (χ4n) is 2.68. The van der Waals surface area contributed by atoms with Gasteiger partial charge in [0.05, 0.1) is 6.04 Å². The van der Waals surface area contributed by atoms with Gasteiger partial charge in [-0.2, -0.15) is 0 Å². The van der Waals surface area contributed by atoms with Crippen molar-refractivity contribution in [1.82, 2.24) is 15.1 Å². The lowest BCUT2D eigenvalue weighted by molar-refractivity contribution is 0.178. The summed E-state index contributed by atoms with van der Waals surface area (Å²) in [6.45, 7) is 3.26. The number of urea groups is 1. The maximum Gasteiger partial charge on any atom is 0.320 e. The Hall–Kier alpha value is -1.69. The molecule has 19 heavy (non-hydrogen) atoms. The molecule has 4 nitrogen and oxygen atoms in total. The molecule has 2 fully saturated rings. The maximum atomic E-state index is 13.1. The van der Waals surface area contributed by atoms with Crippen LogP contribution in [0.3, 0.4) is 0 Å². The van der Waals surface area contributed by atoms with Crippen LogP contribution < -0.4 is 5.32 Å². The molecule has 2 aliphatic heterocycles. The molecule has 2 aliphatic rings.